The van der Waals surface area contributed by atoms with Crippen molar-refractivity contribution in [1.82, 2.24) is 0 Å². The van der Waals surface area contributed by atoms with E-state index in [0.29, 0.717) is 13.0 Å². The highest BCUT2D eigenvalue weighted by molar-refractivity contribution is 5.51. The van der Waals surface area contributed by atoms with E-state index in [4.69, 9.17) is 4.74 Å². The molecule has 5 heteroatoms. The van der Waals surface area contributed by atoms with E-state index in [0.717, 1.165) is 11.3 Å². The minimum absolute atomic E-state index is 0.000330. The van der Waals surface area contributed by atoms with Gasteiger partial charge >= 0.3 is 6.18 Å². The number of alkyl halides is 3. The fraction of sp³-hybridized carbons (Fsp3) is 0.571. The van der Waals surface area contributed by atoms with Crippen molar-refractivity contribution < 1.29 is 17.9 Å². The van der Waals surface area contributed by atoms with Gasteiger partial charge in [0, 0.05) is 30.8 Å². The molecule has 1 atom stereocenters. The number of ether oxygens (including phenoxy) is 1. The minimum atomic E-state index is -4.06. The lowest BCUT2D eigenvalue weighted by molar-refractivity contribution is -0.135. The first-order valence-electron chi connectivity index (χ1n) is 6.32. The molecule has 0 aliphatic heterocycles. The monoisotopic (exact) mass is 275 g/mol. The van der Waals surface area contributed by atoms with Crippen LogP contribution in [0.1, 0.15) is 31.7 Å². The molecule has 0 saturated carbocycles. The van der Waals surface area contributed by atoms with E-state index in [1.54, 1.807) is 7.11 Å². The van der Waals surface area contributed by atoms with Gasteiger partial charge < -0.3 is 10.1 Å². The molecule has 1 N–H and O–H groups in total. The summed E-state index contributed by atoms with van der Waals surface area (Å²) in [5, 5.41) is 3.23. The van der Waals surface area contributed by atoms with E-state index in [2.05, 4.69) is 5.32 Å². The molecular formula is C14H20F3NO. The number of hydrogen-bond acceptors (Lipinski definition) is 2. The molecule has 2 nitrogen and oxygen atoms in total. The van der Waals surface area contributed by atoms with E-state index >= 15 is 0 Å². The number of benzene rings is 1. The summed E-state index contributed by atoms with van der Waals surface area (Å²) < 4.78 is 41.3. The fourth-order valence-corrected chi connectivity index (χ4v) is 1.89. The minimum Gasteiger partial charge on any atom is -0.382 e. The van der Waals surface area contributed by atoms with Gasteiger partial charge in [-0.2, -0.15) is 13.2 Å². The number of para-hydroxylation sites is 1. The summed E-state index contributed by atoms with van der Waals surface area (Å²) in [5.41, 5.74) is 1.93. The van der Waals surface area contributed by atoms with Crippen molar-refractivity contribution >= 4 is 5.69 Å². The number of rotatable bonds is 7. The first-order valence-corrected chi connectivity index (χ1v) is 6.32. The Bertz CT molecular complexity index is 379. The third-order valence-corrected chi connectivity index (χ3v) is 2.82. The molecule has 0 saturated heterocycles. The van der Waals surface area contributed by atoms with Gasteiger partial charge in [-0.1, -0.05) is 18.2 Å². The van der Waals surface area contributed by atoms with Crippen LogP contribution in [0, 0.1) is 0 Å². The molecular weight excluding hydrogens is 255 g/mol. The zero-order valence-electron chi connectivity index (χ0n) is 11.3. The van der Waals surface area contributed by atoms with Crippen LogP contribution in [0.4, 0.5) is 18.9 Å². The maximum atomic E-state index is 12.1. The van der Waals surface area contributed by atoms with Crippen LogP contribution >= 0.6 is 0 Å². The van der Waals surface area contributed by atoms with Crippen LogP contribution < -0.4 is 5.32 Å². The SMILES string of the molecule is COCc1ccccc1NC(C)CCCC(F)(F)F. The number of methoxy groups -OCH3 is 1. The molecule has 19 heavy (non-hydrogen) atoms. The Morgan fingerprint density at radius 2 is 1.95 bits per heavy atom. The normalized spacial score (nSPS) is 13.3. The fourth-order valence-electron chi connectivity index (χ4n) is 1.89. The molecule has 0 bridgehead atoms. The Kier molecular flexibility index (Phi) is 6.15. The highest BCUT2D eigenvalue weighted by atomic mass is 19.4. The van der Waals surface area contributed by atoms with Crippen LogP contribution in [0.5, 0.6) is 0 Å². The smallest absolute Gasteiger partial charge is 0.382 e. The molecule has 0 aromatic heterocycles. The molecule has 0 aliphatic carbocycles. The second-order valence-electron chi connectivity index (χ2n) is 4.64. The lowest BCUT2D eigenvalue weighted by Crippen LogP contribution is -2.17. The maximum Gasteiger partial charge on any atom is 0.389 e. The van der Waals surface area contributed by atoms with Gasteiger partial charge in [-0.3, -0.25) is 0 Å². The Balaban J connectivity index is 2.45. The lowest BCUT2D eigenvalue weighted by Gasteiger charge is -2.18. The van der Waals surface area contributed by atoms with Crippen LogP contribution in [0.25, 0.3) is 0 Å². The summed E-state index contributed by atoms with van der Waals surface area (Å²) in [7, 11) is 1.61. The van der Waals surface area contributed by atoms with Gasteiger partial charge in [-0.05, 0) is 25.8 Å². The van der Waals surface area contributed by atoms with Crippen molar-refractivity contribution in [2.24, 2.45) is 0 Å². The summed E-state index contributed by atoms with van der Waals surface area (Å²) in [6.45, 7) is 2.37. The highest BCUT2D eigenvalue weighted by Crippen LogP contribution is 2.24. The average Bonchev–Trinajstić information content (AvgIpc) is 2.30. The van der Waals surface area contributed by atoms with E-state index in [1.165, 1.54) is 0 Å². The summed E-state index contributed by atoms with van der Waals surface area (Å²) in [6.07, 6.45) is -4.16. The van der Waals surface area contributed by atoms with Crippen molar-refractivity contribution in [2.75, 3.05) is 12.4 Å². The Morgan fingerprint density at radius 3 is 2.58 bits per heavy atom. The molecule has 0 fully saturated rings. The zero-order chi connectivity index (χ0) is 14.3. The van der Waals surface area contributed by atoms with E-state index in [-0.39, 0.29) is 12.5 Å². The molecule has 0 spiro atoms. The van der Waals surface area contributed by atoms with Crippen LogP contribution in [-0.4, -0.2) is 19.3 Å². The summed E-state index contributed by atoms with van der Waals surface area (Å²) >= 11 is 0. The lowest BCUT2D eigenvalue weighted by atomic mass is 10.1. The second-order valence-corrected chi connectivity index (χ2v) is 4.64. The zero-order valence-corrected chi connectivity index (χ0v) is 11.3. The van der Waals surface area contributed by atoms with Crippen molar-refractivity contribution in [3.8, 4) is 0 Å². The average molecular weight is 275 g/mol. The van der Waals surface area contributed by atoms with Gasteiger partial charge in [0.25, 0.3) is 0 Å². The molecule has 1 aromatic carbocycles. The van der Waals surface area contributed by atoms with E-state index in [1.807, 2.05) is 31.2 Å². The Morgan fingerprint density at radius 1 is 1.26 bits per heavy atom. The van der Waals surface area contributed by atoms with Crippen molar-refractivity contribution in [3.05, 3.63) is 29.8 Å². The third kappa shape index (κ3) is 6.47. The summed E-state index contributed by atoms with van der Waals surface area (Å²) in [4.78, 5) is 0. The third-order valence-electron chi connectivity index (χ3n) is 2.82. The van der Waals surface area contributed by atoms with Crippen molar-refractivity contribution in [2.45, 2.75) is 45.0 Å². The molecule has 0 heterocycles. The Hall–Kier alpha value is -1.23. The predicted octanol–water partition coefficient (Wildman–Crippen LogP) is 4.37. The van der Waals surface area contributed by atoms with Crippen LogP contribution in [0.2, 0.25) is 0 Å². The van der Waals surface area contributed by atoms with Crippen molar-refractivity contribution in [1.29, 1.82) is 0 Å². The highest BCUT2D eigenvalue weighted by Gasteiger charge is 2.26. The molecule has 0 aliphatic rings. The topological polar surface area (TPSA) is 21.3 Å². The Labute approximate surface area is 112 Å². The molecule has 1 unspecified atom stereocenters. The van der Waals surface area contributed by atoms with Gasteiger partial charge in [-0.15, -0.1) is 0 Å². The van der Waals surface area contributed by atoms with Crippen LogP contribution in [-0.2, 0) is 11.3 Å². The van der Waals surface area contributed by atoms with Gasteiger partial charge in [0.15, 0.2) is 0 Å². The first kappa shape index (κ1) is 15.8. The van der Waals surface area contributed by atoms with Gasteiger partial charge in [-0.25, -0.2) is 0 Å². The largest absolute Gasteiger partial charge is 0.389 e. The second kappa shape index (κ2) is 7.38. The summed E-state index contributed by atoms with van der Waals surface area (Å²) in [6, 6.07) is 7.65. The quantitative estimate of drug-likeness (QED) is 0.798. The van der Waals surface area contributed by atoms with Crippen molar-refractivity contribution in [3.63, 3.8) is 0 Å². The number of nitrogens with one attached hydrogen (secondary N) is 1. The standard InChI is InChI=1S/C14H20F3NO/c1-11(6-5-9-14(15,16)17)18-13-8-4-3-7-12(13)10-19-2/h3-4,7-8,11,18H,5-6,9-10H2,1-2H3. The summed E-state index contributed by atoms with van der Waals surface area (Å²) in [5.74, 6) is 0. The molecule has 0 radical (unpaired) electrons. The molecule has 0 amide bonds. The number of halogens is 3. The van der Waals surface area contributed by atoms with E-state index < -0.39 is 12.6 Å². The predicted molar refractivity (Wildman–Crippen MR) is 70.1 cm³/mol. The van der Waals surface area contributed by atoms with Gasteiger partial charge in [0.2, 0.25) is 0 Å². The molecule has 108 valence electrons. The van der Waals surface area contributed by atoms with E-state index in [9.17, 15) is 13.2 Å². The van der Waals surface area contributed by atoms with Crippen LogP contribution in [0.15, 0.2) is 24.3 Å². The molecule has 1 aromatic rings. The van der Waals surface area contributed by atoms with Gasteiger partial charge in [0.1, 0.15) is 0 Å². The molecule has 1 rings (SSSR count). The maximum absolute atomic E-state index is 12.1. The number of hydrogen-bond donors (Lipinski definition) is 1. The van der Waals surface area contributed by atoms with Crippen LogP contribution in [0.3, 0.4) is 0 Å². The first-order chi connectivity index (χ1) is 8.92. The number of anilines is 1. The van der Waals surface area contributed by atoms with Gasteiger partial charge in [0.05, 0.1) is 6.61 Å².